The molecule has 1 N–H and O–H groups in total. The van der Waals surface area contributed by atoms with Crippen molar-refractivity contribution in [2.24, 2.45) is 16.8 Å². The first-order chi connectivity index (χ1) is 13.4. The van der Waals surface area contributed by atoms with Crippen molar-refractivity contribution in [3.63, 3.8) is 0 Å². The number of carbonyl (C=O) groups is 2. The van der Waals surface area contributed by atoms with E-state index in [4.69, 9.17) is 4.99 Å². The molecule has 2 aromatic rings. The Hall–Kier alpha value is -2.60. The summed E-state index contributed by atoms with van der Waals surface area (Å²) in [5.41, 5.74) is 3.21. The van der Waals surface area contributed by atoms with Crippen LogP contribution in [0.5, 0.6) is 0 Å². The van der Waals surface area contributed by atoms with E-state index in [-0.39, 0.29) is 23.5 Å². The van der Waals surface area contributed by atoms with Crippen LogP contribution in [0.15, 0.2) is 52.1 Å². The lowest BCUT2D eigenvalue weighted by molar-refractivity contribution is -0.123. The van der Waals surface area contributed by atoms with Crippen LogP contribution in [0.3, 0.4) is 0 Å². The number of rotatable bonds is 3. The fourth-order valence-corrected chi connectivity index (χ4v) is 5.05. The van der Waals surface area contributed by atoms with Crippen molar-refractivity contribution < 1.29 is 9.59 Å². The summed E-state index contributed by atoms with van der Waals surface area (Å²) >= 11 is 1.58. The van der Waals surface area contributed by atoms with E-state index in [9.17, 15) is 9.59 Å². The average Bonchev–Trinajstić information content (AvgIpc) is 3.16. The van der Waals surface area contributed by atoms with Crippen LogP contribution in [0.2, 0.25) is 0 Å². The van der Waals surface area contributed by atoms with Crippen LogP contribution in [-0.2, 0) is 9.59 Å². The highest BCUT2D eigenvalue weighted by Crippen LogP contribution is 2.45. The Balaban J connectivity index is 1.75. The monoisotopic (exact) mass is 393 g/mol. The average molecular weight is 394 g/mol. The second-order valence-electron chi connectivity index (χ2n) is 7.73. The predicted octanol–water partition coefficient (Wildman–Crippen LogP) is 4.52. The van der Waals surface area contributed by atoms with Gasteiger partial charge < -0.3 is 5.32 Å². The van der Waals surface area contributed by atoms with Gasteiger partial charge in [-0.25, -0.2) is 4.98 Å². The van der Waals surface area contributed by atoms with Crippen LogP contribution in [0.1, 0.15) is 43.0 Å². The molecule has 0 unspecified atom stereocenters. The number of amides is 1. The van der Waals surface area contributed by atoms with Gasteiger partial charge in [-0.05, 0) is 49.3 Å². The highest BCUT2D eigenvalue weighted by molar-refractivity contribution is 7.10. The van der Waals surface area contributed by atoms with Crippen LogP contribution in [0.25, 0.3) is 0 Å². The number of ketones is 1. The van der Waals surface area contributed by atoms with Gasteiger partial charge in [0.2, 0.25) is 0 Å². The van der Waals surface area contributed by atoms with E-state index in [0.29, 0.717) is 29.4 Å². The van der Waals surface area contributed by atoms with E-state index in [2.05, 4.69) is 17.2 Å². The molecule has 0 aromatic carbocycles. The number of aromatic nitrogens is 1. The van der Waals surface area contributed by atoms with Crippen molar-refractivity contribution in [3.05, 3.63) is 57.6 Å². The first kappa shape index (κ1) is 18.7. The van der Waals surface area contributed by atoms with Gasteiger partial charge >= 0.3 is 0 Å². The van der Waals surface area contributed by atoms with E-state index >= 15 is 0 Å². The highest BCUT2D eigenvalue weighted by Gasteiger charge is 2.45. The van der Waals surface area contributed by atoms with Gasteiger partial charge in [-0.1, -0.05) is 19.1 Å². The molecule has 4 rings (SSSR count). The summed E-state index contributed by atoms with van der Waals surface area (Å²) in [5.74, 6) is 0.123. The number of fused-ring (bicyclic) bond motifs is 1. The summed E-state index contributed by atoms with van der Waals surface area (Å²) in [6, 6.07) is 7.67. The van der Waals surface area contributed by atoms with Gasteiger partial charge in [0.1, 0.15) is 11.6 Å². The SMILES string of the molecule is CC1=C(C(=O)Nc2ccc(C)cn2)[C@H](c2cccs2)[C@@H]2C(=O)C[C@@H](C)CC2=N1. The lowest BCUT2D eigenvalue weighted by Crippen LogP contribution is -2.41. The highest BCUT2D eigenvalue weighted by atomic mass is 32.1. The van der Waals surface area contributed by atoms with Gasteiger partial charge in [-0.15, -0.1) is 11.3 Å². The summed E-state index contributed by atoms with van der Waals surface area (Å²) in [6.45, 7) is 5.90. The molecule has 1 saturated carbocycles. The molecule has 0 saturated heterocycles. The molecule has 5 nitrogen and oxygen atoms in total. The Kier molecular flexibility index (Phi) is 4.98. The largest absolute Gasteiger partial charge is 0.307 e. The molecule has 1 amide bonds. The topological polar surface area (TPSA) is 71.4 Å². The maximum absolute atomic E-state index is 13.2. The zero-order valence-corrected chi connectivity index (χ0v) is 17.0. The number of aryl methyl sites for hydroxylation is 1. The zero-order valence-electron chi connectivity index (χ0n) is 16.2. The molecule has 1 fully saturated rings. The molecule has 28 heavy (non-hydrogen) atoms. The molecule has 2 aromatic heterocycles. The molecule has 3 atom stereocenters. The fraction of sp³-hybridized carbons (Fsp3) is 0.364. The molecule has 0 spiro atoms. The number of aliphatic imine (C=N–C) groups is 1. The van der Waals surface area contributed by atoms with E-state index in [1.165, 1.54) is 0 Å². The van der Waals surface area contributed by atoms with Crippen molar-refractivity contribution >= 4 is 34.6 Å². The quantitative estimate of drug-likeness (QED) is 0.833. The summed E-state index contributed by atoms with van der Waals surface area (Å²) in [6.07, 6.45) is 3.07. The van der Waals surface area contributed by atoms with Crippen LogP contribution in [0, 0.1) is 18.8 Å². The molecule has 3 heterocycles. The molecule has 6 heteroatoms. The molecule has 1 aliphatic heterocycles. The third-order valence-corrected chi connectivity index (χ3v) is 6.36. The number of hydrogen-bond donors (Lipinski definition) is 1. The predicted molar refractivity (Wildman–Crippen MR) is 112 cm³/mol. The number of Topliss-reactive ketones (excluding diaryl/α,β-unsaturated/α-hetero) is 1. The first-order valence-electron chi connectivity index (χ1n) is 9.52. The number of thiophene rings is 1. The molecule has 2 aliphatic rings. The molecule has 0 radical (unpaired) electrons. The fourth-order valence-electron chi connectivity index (χ4n) is 4.18. The van der Waals surface area contributed by atoms with Gasteiger partial charge in [0, 0.05) is 40.4 Å². The maximum atomic E-state index is 13.2. The van der Waals surface area contributed by atoms with Crippen molar-refractivity contribution in [2.45, 2.75) is 39.5 Å². The van der Waals surface area contributed by atoms with Crippen molar-refractivity contribution in [1.29, 1.82) is 0 Å². The number of hydrogen-bond acceptors (Lipinski definition) is 5. The molecular formula is C22H23N3O2S. The number of anilines is 1. The minimum absolute atomic E-state index is 0.183. The lowest BCUT2D eigenvalue weighted by atomic mass is 9.69. The summed E-state index contributed by atoms with van der Waals surface area (Å²) in [5, 5.41) is 4.89. The van der Waals surface area contributed by atoms with E-state index < -0.39 is 0 Å². The Labute approximate surface area is 168 Å². The van der Waals surface area contributed by atoms with Crippen LogP contribution < -0.4 is 5.32 Å². The maximum Gasteiger partial charge on any atom is 0.255 e. The number of nitrogens with one attached hydrogen (secondary N) is 1. The Bertz CT molecular complexity index is 974. The summed E-state index contributed by atoms with van der Waals surface area (Å²) in [7, 11) is 0. The van der Waals surface area contributed by atoms with E-state index in [0.717, 1.165) is 22.6 Å². The molecule has 144 valence electrons. The zero-order chi connectivity index (χ0) is 19.8. The van der Waals surface area contributed by atoms with Gasteiger partial charge in [0.05, 0.1) is 5.92 Å². The Morgan fingerprint density at radius 2 is 2.00 bits per heavy atom. The van der Waals surface area contributed by atoms with Crippen LogP contribution in [-0.4, -0.2) is 22.4 Å². The van der Waals surface area contributed by atoms with Crippen LogP contribution >= 0.6 is 11.3 Å². The third kappa shape index (κ3) is 3.44. The van der Waals surface area contributed by atoms with Gasteiger partial charge in [-0.3, -0.25) is 14.6 Å². The van der Waals surface area contributed by atoms with Gasteiger partial charge in [0.15, 0.2) is 0 Å². The second kappa shape index (κ2) is 7.43. The molecular weight excluding hydrogens is 370 g/mol. The number of carbonyl (C=O) groups excluding carboxylic acids is 2. The first-order valence-corrected chi connectivity index (χ1v) is 10.4. The number of pyridine rings is 1. The normalized spacial score (nSPS) is 24.6. The Morgan fingerprint density at radius 1 is 1.18 bits per heavy atom. The van der Waals surface area contributed by atoms with E-state index in [1.807, 2.05) is 37.4 Å². The smallest absolute Gasteiger partial charge is 0.255 e. The second-order valence-corrected chi connectivity index (χ2v) is 8.71. The number of allylic oxidation sites excluding steroid dienone is 1. The van der Waals surface area contributed by atoms with Crippen molar-refractivity contribution in [1.82, 2.24) is 4.98 Å². The van der Waals surface area contributed by atoms with Gasteiger partial charge in [-0.2, -0.15) is 0 Å². The van der Waals surface area contributed by atoms with Crippen molar-refractivity contribution in [3.8, 4) is 0 Å². The molecule has 0 bridgehead atoms. The minimum Gasteiger partial charge on any atom is -0.307 e. The molecule has 1 aliphatic carbocycles. The lowest BCUT2D eigenvalue weighted by Gasteiger charge is -2.37. The third-order valence-electron chi connectivity index (χ3n) is 5.41. The number of nitrogens with zero attached hydrogens (tertiary/aromatic N) is 2. The van der Waals surface area contributed by atoms with Crippen molar-refractivity contribution in [2.75, 3.05) is 5.32 Å². The summed E-state index contributed by atoms with van der Waals surface area (Å²) in [4.78, 5) is 36.2. The minimum atomic E-state index is -0.342. The Morgan fingerprint density at radius 3 is 2.68 bits per heavy atom. The van der Waals surface area contributed by atoms with Gasteiger partial charge in [0.25, 0.3) is 5.91 Å². The summed E-state index contributed by atoms with van der Waals surface area (Å²) < 4.78 is 0. The van der Waals surface area contributed by atoms with Crippen LogP contribution in [0.4, 0.5) is 5.82 Å². The standard InChI is InChI=1S/C22H23N3O2S/c1-12-6-7-18(23-11-12)25-22(27)19-14(3)24-15-9-13(2)10-16(26)20(15)21(19)17-5-4-8-28-17/h4-8,11,13,20-21H,9-10H2,1-3H3,(H,23,25,27)/t13-,20-,21-/m0/s1. The van der Waals surface area contributed by atoms with E-state index in [1.54, 1.807) is 23.6 Å².